The van der Waals surface area contributed by atoms with Crippen LogP contribution in [0.15, 0.2) is 75.8 Å². The van der Waals surface area contributed by atoms with E-state index in [1.807, 2.05) is 46.1 Å². The van der Waals surface area contributed by atoms with Crippen LogP contribution in [-0.2, 0) is 33.9 Å². The van der Waals surface area contributed by atoms with Gasteiger partial charge in [-0.15, -0.1) is 11.3 Å². The Kier molecular flexibility index (Phi) is 23.2. The number of amides is 3. The maximum atomic E-state index is 12.5. The van der Waals surface area contributed by atoms with Crippen LogP contribution in [0.1, 0.15) is 99.8 Å². The summed E-state index contributed by atoms with van der Waals surface area (Å²) in [5.74, 6) is -0.0963. The number of pyridine rings is 1. The number of hydrogen-bond donors (Lipinski definition) is 6. The Labute approximate surface area is 405 Å². The number of ether oxygens (including phenoxy) is 2. The Morgan fingerprint density at radius 2 is 1.79 bits per heavy atom. The molecule has 1 saturated carbocycles. The number of nitrogens with zero attached hydrogens (tertiary/aromatic N) is 2. The molecule has 2 aliphatic heterocycles. The minimum absolute atomic E-state index is 0.0145. The van der Waals surface area contributed by atoms with Crippen molar-refractivity contribution in [1.82, 2.24) is 24.9 Å². The van der Waals surface area contributed by atoms with Crippen molar-refractivity contribution in [2.24, 2.45) is 17.6 Å². The van der Waals surface area contributed by atoms with Gasteiger partial charge in [-0.25, -0.2) is 18.1 Å². The molecule has 3 aliphatic rings. The van der Waals surface area contributed by atoms with Gasteiger partial charge >= 0.3 is 0 Å². The average Bonchev–Trinajstić information content (AvgIpc) is 3.63. The summed E-state index contributed by atoms with van der Waals surface area (Å²) in [6.07, 6.45) is 11.1. The number of nitrogens with two attached hydrogens (primary N) is 1. The number of thiazole rings is 1. The van der Waals surface area contributed by atoms with Crippen molar-refractivity contribution in [3.63, 3.8) is 0 Å². The molecular formula is C49H72N8O9S2. The van der Waals surface area contributed by atoms with Gasteiger partial charge < -0.3 is 41.0 Å². The van der Waals surface area contributed by atoms with Gasteiger partial charge in [0.15, 0.2) is 10.6 Å². The molecule has 4 aromatic rings. The Morgan fingerprint density at radius 3 is 2.44 bits per heavy atom. The van der Waals surface area contributed by atoms with E-state index in [1.54, 1.807) is 55.5 Å². The van der Waals surface area contributed by atoms with E-state index in [1.165, 1.54) is 17.4 Å². The van der Waals surface area contributed by atoms with Crippen LogP contribution in [0.25, 0.3) is 22.3 Å². The van der Waals surface area contributed by atoms with Crippen molar-refractivity contribution in [2.45, 2.75) is 122 Å². The summed E-state index contributed by atoms with van der Waals surface area (Å²) in [7, 11) is -0.442. The fourth-order valence-corrected chi connectivity index (χ4v) is 9.06. The van der Waals surface area contributed by atoms with Crippen molar-refractivity contribution >= 4 is 67.3 Å². The van der Waals surface area contributed by atoms with E-state index in [4.69, 9.17) is 10.5 Å². The van der Waals surface area contributed by atoms with Gasteiger partial charge in [-0.2, -0.15) is 0 Å². The highest BCUT2D eigenvalue weighted by atomic mass is 32.2. The number of sulfonamides is 1. The van der Waals surface area contributed by atoms with E-state index in [-0.39, 0.29) is 45.6 Å². The van der Waals surface area contributed by atoms with Crippen molar-refractivity contribution in [1.29, 1.82) is 0 Å². The third kappa shape index (κ3) is 18.4. The third-order valence-corrected chi connectivity index (χ3v) is 12.6. The second-order valence-corrected chi connectivity index (χ2v) is 19.8. The lowest BCUT2D eigenvalue weighted by atomic mass is 10.1. The monoisotopic (exact) mass is 980 g/mol. The normalized spacial score (nSPS) is 18.9. The Hall–Kier alpha value is -5.79. The largest absolute Gasteiger partial charge is 0.497 e. The summed E-state index contributed by atoms with van der Waals surface area (Å²) in [4.78, 5) is 66.1. The fourth-order valence-electron chi connectivity index (χ4n) is 6.99. The van der Waals surface area contributed by atoms with Gasteiger partial charge in [0, 0.05) is 60.9 Å². The zero-order valence-electron chi connectivity index (χ0n) is 41.0. The molecule has 7 rings (SSSR count). The molecule has 3 amide bonds. The van der Waals surface area contributed by atoms with E-state index in [0.717, 1.165) is 61.4 Å². The van der Waals surface area contributed by atoms with Crippen LogP contribution in [0.5, 0.6) is 5.75 Å². The maximum absolute atomic E-state index is 12.5. The number of allylic oxidation sites excluding steroid dienone is 2. The number of nitrogens with one attached hydrogen (secondary N) is 5. The van der Waals surface area contributed by atoms with Gasteiger partial charge in [0.25, 0.3) is 16.5 Å². The van der Waals surface area contributed by atoms with Crippen LogP contribution in [0, 0.1) is 11.8 Å². The minimum atomic E-state index is -3.84. The van der Waals surface area contributed by atoms with Crippen molar-refractivity contribution < 1.29 is 37.1 Å². The molecular weight excluding hydrogens is 909 g/mol. The average molecular weight is 981 g/mol. The molecule has 0 unspecified atom stereocenters. The van der Waals surface area contributed by atoms with Crippen LogP contribution < -0.4 is 36.6 Å². The Morgan fingerprint density at radius 1 is 1.06 bits per heavy atom. The van der Waals surface area contributed by atoms with Gasteiger partial charge in [-0.3, -0.25) is 24.0 Å². The number of para-hydroxylation sites is 1. The number of aromatic nitrogens is 2. The molecule has 374 valence electrons. The summed E-state index contributed by atoms with van der Waals surface area (Å²) in [5.41, 5.74) is 7.62. The summed E-state index contributed by atoms with van der Waals surface area (Å²) in [6.45, 7) is 16.1. The van der Waals surface area contributed by atoms with Crippen molar-refractivity contribution in [2.75, 3.05) is 44.4 Å². The standard InChI is InChI=1S/C17H22N2O3S.C16H17N3O2S.C9H17N3O2.C5H10O2.C2H6/c20-17-14-12-13(14)8-4-2-1-3-7-11-18-15-9-5-6-10-16(15)23(21,22)19-17;1-9(2)17-16-19-14(8-22-16)13-7-15(20)11-5-4-10(21-3)6-12(11)18-13;1-11-5-4-8(13)12-6-2-3-7(12)9(10)14;1-5(2,3)7-4-6;1-2/h4-6,8-10,13-14,18H,1-3,7,11-12H2,(H,19,20);4-9H,1-3H3,(H,17,19)(H,18,20);7,11H,2-6H2,1H3,(H2,10,14);4H,1-3H3;1-2H3/b8-4-;;;;/t13-,14+;;7-;;/m1.0../s1. The first kappa shape index (κ1) is 56.5. The predicted molar refractivity (Wildman–Crippen MR) is 271 cm³/mol. The van der Waals surface area contributed by atoms with Crippen LogP contribution in [0.2, 0.25) is 0 Å². The van der Waals surface area contributed by atoms with Crippen LogP contribution in [0.4, 0.5) is 10.8 Å². The molecule has 2 aromatic carbocycles. The smallest absolute Gasteiger partial charge is 0.293 e. The Balaban J connectivity index is 0.000000254. The summed E-state index contributed by atoms with van der Waals surface area (Å²) >= 11 is 1.52. The summed E-state index contributed by atoms with van der Waals surface area (Å²) < 4.78 is 37.0. The number of carbonyl (C=O) groups is 4. The first-order valence-corrected chi connectivity index (χ1v) is 25.6. The number of aromatic amines is 1. The molecule has 1 aliphatic carbocycles. The van der Waals surface area contributed by atoms with Gasteiger partial charge in [0.05, 0.1) is 29.7 Å². The molecule has 0 bridgehead atoms. The number of methoxy groups -OCH3 is 1. The predicted octanol–water partition coefficient (Wildman–Crippen LogP) is 7.21. The van der Waals surface area contributed by atoms with E-state index >= 15 is 0 Å². The molecule has 19 heteroatoms. The molecule has 0 radical (unpaired) electrons. The van der Waals surface area contributed by atoms with Gasteiger partial charge in [-0.1, -0.05) is 44.6 Å². The van der Waals surface area contributed by atoms with Gasteiger partial charge in [0.1, 0.15) is 22.3 Å². The van der Waals surface area contributed by atoms with Gasteiger partial charge in [0.2, 0.25) is 17.7 Å². The van der Waals surface area contributed by atoms with E-state index in [9.17, 15) is 32.4 Å². The van der Waals surface area contributed by atoms with Crippen LogP contribution in [-0.4, -0.2) is 99.0 Å². The number of carbonyl (C=O) groups excluding carboxylic acids is 4. The molecule has 2 fully saturated rings. The number of hydrogen-bond acceptors (Lipinski definition) is 14. The zero-order chi connectivity index (χ0) is 50.4. The number of H-pyrrole nitrogens is 1. The van der Waals surface area contributed by atoms with Gasteiger partial charge in [-0.05, 0) is 110 Å². The molecule has 68 heavy (non-hydrogen) atoms. The fraction of sp³-hybridized carbons (Fsp3) is 0.510. The number of benzene rings is 2. The first-order chi connectivity index (χ1) is 32.4. The topological polar surface area (TPSA) is 244 Å². The van der Waals surface area contributed by atoms with Crippen molar-refractivity contribution in [3.05, 3.63) is 76.3 Å². The highest BCUT2D eigenvalue weighted by Gasteiger charge is 2.42. The quantitative estimate of drug-likeness (QED) is 0.0719. The minimum Gasteiger partial charge on any atom is -0.497 e. The summed E-state index contributed by atoms with van der Waals surface area (Å²) in [6, 6.07) is 13.6. The second-order valence-electron chi connectivity index (χ2n) is 17.3. The number of rotatable bonds is 9. The van der Waals surface area contributed by atoms with E-state index in [2.05, 4.69) is 61.4 Å². The van der Waals surface area contributed by atoms with E-state index in [0.29, 0.717) is 61.0 Å². The molecule has 7 N–H and O–H groups in total. The first-order valence-electron chi connectivity index (χ1n) is 23.2. The molecule has 2 aromatic heterocycles. The molecule has 3 atom stereocenters. The van der Waals surface area contributed by atoms with Crippen molar-refractivity contribution in [3.8, 4) is 17.1 Å². The SMILES string of the molecule is CC.CC(C)(C)OC=O.CNCCC(=O)N1CCC[C@H]1C(N)=O.COc1ccc2c(=O)cc(-c3csc(NC(C)C)n3)[nH]c2c1.O=C1NS(=O)(=O)c2ccccc2NCCCCC/C=C\[C@@H]2C[C@H]12. The van der Waals surface area contributed by atoms with Crippen LogP contribution in [0.3, 0.4) is 0 Å². The highest BCUT2D eigenvalue weighted by Crippen LogP contribution is 2.40. The number of primary amides is 1. The zero-order valence-corrected chi connectivity index (χ0v) is 42.6. The number of likely N-dealkylation sites (tertiary alicyclic amines) is 1. The lowest BCUT2D eigenvalue weighted by molar-refractivity contribution is -0.138. The lowest BCUT2D eigenvalue weighted by Crippen LogP contribution is -2.44. The molecule has 1 saturated heterocycles. The summed E-state index contributed by atoms with van der Waals surface area (Å²) in [5, 5.41) is 12.8. The maximum Gasteiger partial charge on any atom is 0.293 e. The van der Waals surface area contributed by atoms with Crippen LogP contribution >= 0.6 is 11.3 Å². The second kappa shape index (κ2) is 27.9. The molecule has 4 heterocycles. The third-order valence-electron chi connectivity index (χ3n) is 10.5. The lowest BCUT2D eigenvalue weighted by Gasteiger charge is -2.21. The molecule has 17 nitrogen and oxygen atoms in total. The number of fused-ring (bicyclic) bond motifs is 3. The number of anilines is 2. The highest BCUT2D eigenvalue weighted by molar-refractivity contribution is 7.90. The van der Waals surface area contributed by atoms with E-state index < -0.39 is 15.9 Å². The Bertz CT molecular complexity index is 2450. The molecule has 0 spiro atoms.